The summed E-state index contributed by atoms with van der Waals surface area (Å²) in [6, 6.07) is -11.6. The first-order valence-electron chi connectivity index (χ1n) is 40.9. The van der Waals surface area contributed by atoms with Gasteiger partial charge in [0.25, 0.3) is 0 Å². The Bertz CT molecular complexity index is 3830. The van der Waals surface area contributed by atoms with E-state index in [0.29, 0.717) is 12.8 Å². The molecule has 0 aliphatic carbocycles. The monoisotopic (exact) mass is 1730 g/mol. The molecule has 122 heavy (non-hydrogen) atoms. The Morgan fingerprint density at radius 2 is 0.738 bits per heavy atom. The highest BCUT2D eigenvalue weighted by Gasteiger charge is 2.48. The van der Waals surface area contributed by atoms with Crippen molar-refractivity contribution in [2.45, 2.75) is 336 Å². The fourth-order valence-corrected chi connectivity index (χ4v) is 12.3. The second kappa shape index (κ2) is 46.0. The molecule has 0 saturated carbocycles. The molecule has 9 atom stereocenters. The Kier molecular flexibility index (Phi) is 41.2. The smallest absolute Gasteiger partial charge is 0.248 e. The lowest BCUT2D eigenvalue weighted by Gasteiger charge is -2.36. The summed E-state index contributed by atoms with van der Waals surface area (Å²) in [5, 5.41) is 62.8. The van der Waals surface area contributed by atoms with Crippen molar-refractivity contribution in [1.82, 2.24) is 95.3 Å². The zero-order valence-electron chi connectivity index (χ0n) is 75.9. The molecule has 42 nitrogen and oxygen atoms in total. The van der Waals surface area contributed by atoms with E-state index >= 15 is 0 Å². The molecule has 1 rings (SSSR count). The van der Waals surface area contributed by atoms with Gasteiger partial charge < -0.3 is 117 Å². The largest absolute Gasteiger partial charge is 0.394 e. The predicted octanol–water partition coefficient (Wildman–Crippen LogP) is -4.52. The Morgan fingerprint density at radius 1 is 0.369 bits per heavy atom. The molecule has 0 aromatic carbocycles. The van der Waals surface area contributed by atoms with Gasteiger partial charge >= 0.3 is 0 Å². The lowest BCUT2D eigenvalue weighted by Crippen LogP contribution is -2.66. The first-order valence-corrected chi connectivity index (χ1v) is 40.9. The SMILES string of the molecule is CC(=O)NC(C)(C)C(=O)N[C@@H](CO)C(=O)N[C@@H](C)C(=O)N[C@@H](CC(C)C)C(=O)NC(C)(C)C(=O)N[C@@H](CCC(N)=O)C(=O)NC(C)(C)C(=O)N[C@H](C(=O)NC(C)(C)C(=O)NCC(=O)NC(C)(C)C(=O)NC(C)(C)C(=O)N1CCC[C@H]1C(=O)N[C@@H](CC(C)C)C(=O)NC(C)(C)C(=O)NC(C)(C)C(=O)N[C@@H](CCC(N)=O)C(=O)N[C@H](CO)CC(C)C)C(C)C. The summed E-state index contributed by atoms with van der Waals surface area (Å²) < 4.78 is 0. The first-order chi connectivity index (χ1) is 55.5. The number of aliphatic hydroxyl groups is 2. The summed E-state index contributed by atoms with van der Waals surface area (Å²) in [4.78, 5) is 272. The number of hydrogen-bond acceptors (Lipinski definition) is 22. The Hall–Kier alpha value is -10.7. The molecule has 1 aliphatic rings. The molecule has 1 heterocycles. The van der Waals surface area contributed by atoms with Crippen LogP contribution in [0.4, 0.5) is 0 Å². The van der Waals surface area contributed by atoms with Gasteiger partial charge in [-0.15, -0.1) is 0 Å². The van der Waals surface area contributed by atoms with Crippen molar-refractivity contribution in [3.8, 4) is 0 Å². The number of nitrogens with zero attached hydrogens (tertiary/aromatic N) is 1. The van der Waals surface area contributed by atoms with Crippen molar-refractivity contribution in [2.24, 2.45) is 35.1 Å². The minimum atomic E-state index is -1.90. The summed E-state index contributed by atoms with van der Waals surface area (Å²) in [5.74, 6) is -18.0. The molecule has 42 heteroatoms. The maximum Gasteiger partial charge on any atom is 0.248 e. The number of aliphatic hydroxyl groups excluding tert-OH is 2. The van der Waals surface area contributed by atoms with Crippen LogP contribution in [0.25, 0.3) is 0 Å². The van der Waals surface area contributed by atoms with Crippen molar-refractivity contribution in [3.63, 3.8) is 0 Å². The van der Waals surface area contributed by atoms with Crippen LogP contribution in [0.2, 0.25) is 0 Å². The van der Waals surface area contributed by atoms with E-state index in [-0.39, 0.29) is 56.4 Å². The van der Waals surface area contributed by atoms with Gasteiger partial charge in [-0.25, -0.2) is 0 Å². The highest BCUT2D eigenvalue weighted by atomic mass is 16.3. The Balaban J connectivity index is 3.18. The maximum atomic E-state index is 14.4. The molecule has 20 amide bonds. The summed E-state index contributed by atoms with van der Waals surface area (Å²) in [5.41, 5.74) is -3.30. The van der Waals surface area contributed by atoms with E-state index in [1.165, 1.54) is 130 Å². The molecule has 0 radical (unpaired) electrons. The van der Waals surface area contributed by atoms with Crippen molar-refractivity contribution in [3.05, 3.63) is 0 Å². The summed E-state index contributed by atoms with van der Waals surface area (Å²) in [6.07, 6.45) is -0.415. The molecular weight excluding hydrogens is 1590 g/mol. The van der Waals surface area contributed by atoms with E-state index in [1.807, 2.05) is 13.8 Å². The fourth-order valence-electron chi connectivity index (χ4n) is 12.3. The van der Waals surface area contributed by atoms with Crippen LogP contribution in [0.1, 0.15) is 238 Å². The lowest BCUT2D eigenvalue weighted by molar-refractivity contribution is -0.146. The average Bonchev–Trinajstić information content (AvgIpc) is 1.56. The van der Waals surface area contributed by atoms with Gasteiger partial charge in [0.15, 0.2) is 0 Å². The fraction of sp³-hybridized carbons (Fsp3) is 0.750. The predicted molar refractivity (Wildman–Crippen MR) is 447 cm³/mol. The molecular formula is C80H140N20O22. The van der Waals surface area contributed by atoms with Gasteiger partial charge in [-0.1, -0.05) is 55.4 Å². The first kappa shape index (κ1) is 109. The second-order valence-corrected chi connectivity index (χ2v) is 37.0. The number of nitrogens with one attached hydrogen (secondary N) is 17. The van der Waals surface area contributed by atoms with E-state index in [4.69, 9.17) is 11.5 Å². The molecule has 0 aromatic rings. The number of primary amides is 2. The third-order valence-electron chi connectivity index (χ3n) is 19.7. The van der Waals surface area contributed by atoms with Crippen LogP contribution in [-0.2, 0) is 95.9 Å². The number of nitrogens with two attached hydrogens (primary N) is 2. The minimum Gasteiger partial charge on any atom is -0.394 e. The van der Waals surface area contributed by atoms with Gasteiger partial charge in [0, 0.05) is 26.3 Å². The molecule has 692 valence electrons. The third-order valence-corrected chi connectivity index (χ3v) is 19.7. The number of amides is 20. The second-order valence-electron chi connectivity index (χ2n) is 37.0. The van der Waals surface area contributed by atoms with Crippen LogP contribution in [0.15, 0.2) is 0 Å². The number of carbonyl (C=O) groups is 20. The zero-order valence-corrected chi connectivity index (χ0v) is 75.9. The van der Waals surface area contributed by atoms with Crippen molar-refractivity contribution >= 4 is 118 Å². The van der Waals surface area contributed by atoms with E-state index in [9.17, 15) is 106 Å². The quantitative estimate of drug-likeness (QED) is 0.0273. The number of hydrogen-bond donors (Lipinski definition) is 21. The van der Waals surface area contributed by atoms with E-state index in [2.05, 4.69) is 90.4 Å². The lowest BCUT2D eigenvalue weighted by atomic mass is 9.96. The topological polar surface area (TPSA) is 642 Å². The van der Waals surface area contributed by atoms with Crippen molar-refractivity contribution in [1.29, 1.82) is 0 Å². The van der Waals surface area contributed by atoms with Gasteiger partial charge in [0.1, 0.15) is 92.6 Å². The van der Waals surface area contributed by atoms with Crippen molar-refractivity contribution in [2.75, 3.05) is 26.3 Å². The van der Waals surface area contributed by atoms with E-state index < -0.39 is 255 Å². The van der Waals surface area contributed by atoms with Crippen LogP contribution in [0.3, 0.4) is 0 Å². The molecule has 1 fully saturated rings. The zero-order chi connectivity index (χ0) is 94.8. The molecule has 0 bridgehead atoms. The van der Waals surface area contributed by atoms with Crippen LogP contribution < -0.4 is 102 Å². The van der Waals surface area contributed by atoms with Gasteiger partial charge in [-0.05, 0) is 186 Å². The summed E-state index contributed by atoms with van der Waals surface area (Å²) in [6.45, 7) is 35.6. The third kappa shape index (κ3) is 35.4. The number of rotatable bonds is 49. The highest BCUT2D eigenvalue weighted by molar-refractivity contribution is 6.04. The van der Waals surface area contributed by atoms with E-state index in [0.717, 1.165) is 0 Å². The van der Waals surface area contributed by atoms with Crippen LogP contribution >= 0.6 is 0 Å². The Labute approximate surface area is 714 Å². The summed E-state index contributed by atoms with van der Waals surface area (Å²) >= 11 is 0. The molecule has 0 unspecified atom stereocenters. The normalized spacial score (nSPS) is 15.4. The van der Waals surface area contributed by atoms with Crippen LogP contribution in [0, 0.1) is 23.7 Å². The van der Waals surface area contributed by atoms with Gasteiger partial charge in [0.2, 0.25) is 118 Å². The maximum absolute atomic E-state index is 14.4. The van der Waals surface area contributed by atoms with Gasteiger partial charge in [0.05, 0.1) is 25.8 Å². The van der Waals surface area contributed by atoms with E-state index in [1.54, 1.807) is 41.5 Å². The molecule has 0 spiro atoms. The highest BCUT2D eigenvalue weighted by Crippen LogP contribution is 2.25. The summed E-state index contributed by atoms with van der Waals surface area (Å²) in [7, 11) is 0. The molecule has 23 N–H and O–H groups in total. The van der Waals surface area contributed by atoms with Crippen LogP contribution in [-0.4, -0.2) is 258 Å². The van der Waals surface area contributed by atoms with Crippen LogP contribution in [0.5, 0.6) is 0 Å². The minimum absolute atomic E-state index is 0.00157. The standard InChI is InChI=1S/C80H140N20O22/c1-40(2)34-46(38-101)85-58(108)47(29-31-53(81)104)88-68(118)77(19,20)98-71(121)79(23,24)96-62(112)50(36-42(5)6)87-63(113)52-28-27-33-100(52)72(122)80(25,26)99-70(120)78(21,22)93-55(106)37-83-65(115)73(11,12)97-64(114)56(43(7)8)91-69(119)76(17,18)94-60(110)48(30-32-54(82)105)89-67(117)75(15,16)95-61(111)49(35-41(3)4)86-57(107)44(9)84-59(109)51(39-102)90-66(116)74(13,14)92-45(10)103/h40-44,46-52,56,101-102H,27-39H2,1-26H3,(H2,81,104)(H2,82,105)(H,83,115)(H,84,109)(H,85,108)(H,86,107)(H,87,113)(H,88,118)(H,89,117)(H,90,116)(H,91,119)(H,92,103)(H,93,106)(H,94,110)(H,95,111)(H,96,112)(H,97,114)(H,98,121)(H,99,120)/t44-,46-,47-,48-,49-,50-,51-,52-,56-/m0/s1. The molecule has 1 aliphatic heterocycles. The number of likely N-dealkylation sites (tertiary alicyclic amines) is 1. The molecule has 1 saturated heterocycles. The number of carbonyl (C=O) groups excluding carboxylic acids is 20. The molecule has 0 aromatic heterocycles. The van der Waals surface area contributed by atoms with Gasteiger partial charge in [-0.3, -0.25) is 95.9 Å². The van der Waals surface area contributed by atoms with Crippen molar-refractivity contribution < 1.29 is 106 Å². The van der Waals surface area contributed by atoms with Gasteiger partial charge in [-0.2, -0.15) is 0 Å². The Morgan fingerprint density at radius 3 is 1.16 bits per heavy atom. The average molecular weight is 1730 g/mol.